The van der Waals surface area contributed by atoms with Crippen LogP contribution in [-0.2, 0) is 5.41 Å². The van der Waals surface area contributed by atoms with Gasteiger partial charge in [0.25, 0.3) is 0 Å². The van der Waals surface area contributed by atoms with Crippen LogP contribution < -0.4 is 5.73 Å². The molecule has 3 heteroatoms. The first-order chi connectivity index (χ1) is 6.41. The fourth-order valence-electron chi connectivity index (χ4n) is 1.22. The predicted molar refractivity (Wildman–Crippen MR) is 61.2 cm³/mol. The van der Waals surface area contributed by atoms with Crippen molar-refractivity contribution in [3.8, 4) is 0 Å². The van der Waals surface area contributed by atoms with Gasteiger partial charge in [-0.3, -0.25) is 0 Å². The lowest BCUT2D eigenvalue weighted by molar-refractivity contribution is 0.579. The van der Waals surface area contributed by atoms with Gasteiger partial charge < -0.3 is 5.73 Å². The van der Waals surface area contributed by atoms with Crippen LogP contribution in [0.5, 0.6) is 0 Å². The van der Waals surface area contributed by atoms with Crippen LogP contribution in [-0.4, -0.2) is 9.97 Å². The van der Waals surface area contributed by atoms with Gasteiger partial charge in [0.05, 0.1) is 0 Å². The van der Waals surface area contributed by atoms with Crippen LogP contribution in [0.3, 0.4) is 0 Å². The smallest absolute Gasteiger partial charge is 0.220 e. The Bertz CT molecular complexity index is 287. The molecule has 0 radical (unpaired) electrons. The van der Waals surface area contributed by atoms with Crippen LogP contribution in [0.15, 0.2) is 6.20 Å². The molecule has 0 aliphatic rings. The van der Waals surface area contributed by atoms with E-state index in [4.69, 9.17) is 5.73 Å². The van der Waals surface area contributed by atoms with E-state index < -0.39 is 0 Å². The lowest BCUT2D eigenvalue weighted by atomic mass is 9.87. The van der Waals surface area contributed by atoms with Gasteiger partial charge in [0.2, 0.25) is 5.95 Å². The van der Waals surface area contributed by atoms with E-state index in [1.165, 1.54) is 0 Å². The van der Waals surface area contributed by atoms with E-state index in [1.54, 1.807) is 6.20 Å². The van der Waals surface area contributed by atoms with Crippen LogP contribution in [0.4, 0.5) is 5.95 Å². The number of nitrogens with two attached hydrogens (primary N) is 1. The number of aryl methyl sites for hydroxylation is 1. The number of nitrogen functional groups attached to an aromatic ring is 1. The standard InChI is InChI=1S/C9H15N3.C2H6/c1-6-7(9(2,3)4)5-11-8(10)12-6;1-2/h5H,1-4H3,(H2,10,11,12);1-2H3. The molecule has 80 valence electrons. The molecule has 0 unspecified atom stereocenters. The second-order valence-electron chi connectivity index (χ2n) is 3.98. The van der Waals surface area contributed by atoms with E-state index >= 15 is 0 Å². The van der Waals surface area contributed by atoms with Gasteiger partial charge in [-0.05, 0) is 17.9 Å². The second-order valence-corrected chi connectivity index (χ2v) is 3.98. The summed E-state index contributed by atoms with van der Waals surface area (Å²) < 4.78 is 0. The predicted octanol–water partition coefficient (Wildman–Crippen LogP) is 2.69. The minimum Gasteiger partial charge on any atom is -0.368 e. The van der Waals surface area contributed by atoms with Crippen LogP contribution in [0.25, 0.3) is 0 Å². The SMILES string of the molecule is CC.Cc1nc(N)ncc1C(C)(C)C. The van der Waals surface area contributed by atoms with E-state index in [0.29, 0.717) is 5.95 Å². The molecule has 0 aromatic carbocycles. The molecule has 0 saturated heterocycles. The van der Waals surface area contributed by atoms with E-state index in [2.05, 4.69) is 30.7 Å². The Morgan fingerprint density at radius 1 is 1.21 bits per heavy atom. The van der Waals surface area contributed by atoms with Crippen molar-refractivity contribution < 1.29 is 0 Å². The maximum atomic E-state index is 5.45. The van der Waals surface area contributed by atoms with Crippen molar-refractivity contribution in [2.24, 2.45) is 0 Å². The minimum absolute atomic E-state index is 0.0950. The highest BCUT2D eigenvalue weighted by molar-refractivity contribution is 5.29. The van der Waals surface area contributed by atoms with Crippen LogP contribution in [0.2, 0.25) is 0 Å². The number of anilines is 1. The van der Waals surface area contributed by atoms with Crippen molar-refractivity contribution in [2.75, 3.05) is 5.73 Å². The summed E-state index contributed by atoms with van der Waals surface area (Å²) in [4.78, 5) is 8.08. The Morgan fingerprint density at radius 3 is 2.07 bits per heavy atom. The van der Waals surface area contributed by atoms with Gasteiger partial charge in [0, 0.05) is 11.9 Å². The van der Waals surface area contributed by atoms with Crippen molar-refractivity contribution in [1.29, 1.82) is 0 Å². The summed E-state index contributed by atoms with van der Waals surface area (Å²) in [5.41, 5.74) is 7.66. The van der Waals surface area contributed by atoms with Gasteiger partial charge in [-0.2, -0.15) is 0 Å². The van der Waals surface area contributed by atoms with Gasteiger partial charge in [-0.25, -0.2) is 9.97 Å². The highest BCUT2D eigenvalue weighted by Gasteiger charge is 2.17. The summed E-state index contributed by atoms with van der Waals surface area (Å²) in [6, 6.07) is 0. The summed E-state index contributed by atoms with van der Waals surface area (Å²) in [5.74, 6) is 0.348. The van der Waals surface area contributed by atoms with Crippen LogP contribution in [0.1, 0.15) is 45.9 Å². The normalized spacial score (nSPS) is 10.4. The Hall–Kier alpha value is -1.12. The summed E-state index contributed by atoms with van der Waals surface area (Å²) in [5, 5.41) is 0. The summed E-state index contributed by atoms with van der Waals surface area (Å²) in [7, 11) is 0. The molecule has 3 nitrogen and oxygen atoms in total. The monoisotopic (exact) mass is 195 g/mol. The number of rotatable bonds is 0. The first-order valence-corrected chi connectivity index (χ1v) is 5.01. The molecule has 0 aliphatic heterocycles. The molecular formula is C11H21N3. The zero-order valence-corrected chi connectivity index (χ0v) is 10.0. The van der Waals surface area contributed by atoms with Gasteiger partial charge in [0.15, 0.2) is 0 Å². The molecule has 1 aromatic heterocycles. The Labute approximate surface area is 86.8 Å². The molecule has 1 aromatic rings. The number of nitrogens with zero attached hydrogens (tertiary/aromatic N) is 2. The van der Waals surface area contributed by atoms with Crippen LogP contribution >= 0.6 is 0 Å². The number of aromatic nitrogens is 2. The first kappa shape index (κ1) is 12.9. The lowest BCUT2D eigenvalue weighted by Gasteiger charge is -2.19. The van der Waals surface area contributed by atoms with Crippen molar-refractivity contribution in [2.45, 2.75) is 47.0 Å². The topological polar surface area (TPSA) is 51.8 Å². The second kappa shape index (κ2) is 4.94. The highest BCUT2D eigenvalue weighted by Crippen LogP contribution is 2.23. The minimum atomic E-state index is 0.0950. The van der Waals surface area contributed by atoms with Gasteiger partial charge in [0.1, 0.15) is 0 Å². The maximum Gasteiger partial charge on any atom is 0.220 e. The highest BCUT2D eigenvalue weighted by atomic mass is 15.0. The average Bonchev–Trinajstić information content (AvgIpc) is 2.05. The van der Waals surface area contributed by atoms with Crippen molar-refractivity contribution in [1.82, 2.24) is 9.97 Å². The fourth-order valence-corrected chi connectivity index (χ4v) is 1.22. The van der Waals surface area contributed by atoms with Crippen LogP contribution in [0, 0.1) is 6.92 Å². The van der Waals surface area contributed by atoms with Gasteiger partial charge in [-0.1, -0.05) is 34.6 Å². The molecule has 0 atom stereocenters. The molecule has 0 saturated carbocycles. The van der Waals surface area contributed by atoms with Gasteiger partial charge >= 0.3 is 0 Å². The summed E-state index contributed by atoms with van der Waals surface area (Å²) in [6.45, 7) is 12.4. The zero-order valence-electron chi connectivity index (χ0n) is 10.0. The van der Waals surface area contributed by atoms with E-state index in [9.17, 15) is 0 Å². The summed E-state index contributed by atoms with van der Waals surface area (Å²) in [6.07, 6.45) is 1.80. The Balaban J connectivity index is 0.000000791. The van der Waals surface area contributed by atoms with E-state index in [1.807, 2.05) is 20.8 Å². The molecule has 0 spiro atoms. The number of hydrogen-bond donors (Lipinski definition) is 1. The molecule has 2 N–H and O–H groups in total. The molecule has 0 amide bonds. The Morgan fingerprint density at radius 2 is 1.71 bits per heavy atom. The third kappa shape index (κ3) is 3.32. The van der Waals surface area contributed by atoms with Crippen molar-refractivity contribution in [3.05, 3.63) is 17.5 Å². The lowest BCUT2D eigenvalue weighted by Crippen LogP contribution is -2.15. The molecule has 1 heterocycles. The molecule has 0 aliphatic carbocycles. The quantitative estimate of drug-likeness (QED) is 0.692. The molecule has 0 fully saturated rings. The third-order valence-electron chi connectivity index (χ3n) is 1.81. The van der Waals surface area contributed by atoms with Crippen molar-refractivity contribution in [3.63, 3.8) is 0 Å². The largest absolute Gasteiger partial charge is 0.368 e. The molecule has 14 heavy (non-hydrogen) atoms. The molecular weight excluding hydrogens is 174 g/mol. The molecule has 1 rings (SSSR count). The zero-order chi connectivity index (χ0) is 11.4. The summed E-state index contributed by atoms with van der Waals surface area (Å²) >= 11 is 0. The van der Waals surface area contributed by atoms with E-state index in [-0.39, 0.29) is 5.41 Å². The first-order valence-electron chi connectivity index (χ1n) is 5.01. The van der Waals surface area contributed by atoms with Crippen molar-refractivity contribution >= 4 is 5.95 Å². The maximum absolute atomic E-state index is 5.45. The molecule has 0 bridgehead atoms. The third-order valence-corrected chi connectivity index (χ3v) is 1.81. The Kier molecular flexibility index (Phi) is 4.54. The fraction of sp³-hybridized carbons (Fsp3) is 0.636. The average molecular weight is 195 g/mol. The van der Waals surface area contributed by atoms with E-state index in [0.717, 1.165) is 11.3 Å². The number of hydrogen-bond acceptors (Lipinski definition) is 3. The van der Waals surface area contributed by atoms with Gasteiger partial charge in [-0.15, -0.1) is 0 Å².